The van der Waals surface area contributed by atoms with Gasteiger partial charge in [0.2, 0.25) is 0 Å². The largest absolute Gasteiger partial charge is 0.333 e. The highest BCUT2D eigenvalue weighted by Gasteiger charge is 2.17. The van der Waals surface area contributed by atoms with E-state index in [1.54, 1.807) is 0 Å². The van der Waals surface area contributed by atoms with Gasteiger partial charge in [0.25, 0.3) is 0 Å². The average molecular weight is 188 g/mol. The predicted molar refractivity (Wildman–Crippen MR) is 62.0 cm³/mol. The lowest BCUT2D eigenvalue weighted by Gasteiger charge is -2.26. The predicted octanol–water partition coefficient (Wildman–Crippen LogP) is 2.39. The number of nitrogens with one attached hydrogen (secondary N) is 1. The molecule has 0 aromatic carbocycles. The lowest BCUT2D eigenvalue weighted by molar-refractivity contribution is 0.282. The number of rotatable bonds is 6. The molecular formula is C11H28N2. The Morgan fingerprint density at radius 3 is 1.85 bits per heavy atom. The Morgan fingerprint density at radius 1 is 1.08 bits per heavy atom. The Hall–Kier alpha value is -0.0800. The topological polar surface area (TPSA) is 38.0 Å². The number of hydrogen-bond acceptors (Lipinski definition) is 2. The van der Waals surface area contributed by atoms with Crippen LogP contribution in [0.25, 0.3) is 0 Å². The van der Waals surface area contributed by atoms with Crippen LogP contribution in [-0.4, -0.2) is 20.1 Å². The Kier molecular flexibility index (Phi) is 11.8. The molecule has 0 aliphatic heterocycles. The highest BCUT2D eigenvalue weighted by Crippen LogP contribution is 2.23. The normalized spacial score (nSPS) is 10.6. The first-order chi connectivity index (χ1) is 6.18. The quantitative estimate of drug-likeness (QED) is 0.628. The maximum Gasteiger partial charge on any atom is 0.000495 e. The van der Waals surface area contributed by atoms with Crippen molar-refractivity contribution in [1.29, 1.82) is 0 Å². The van der Waals surface area contributed by atoms with Gasteiger partial charge in [-0.1, -0.05) is 27.7 Å². The molecule has 0 atom stereocenters. The van der Waals surface area contributed by atoms with Crippen LogP contribution in [0.1, 0.15) is 47.0 Å². The van der Waals surface area contributed by atoms with Crippen molar-refractivity contribution < 1.29 is 0 Å². The Labute approximate surface area is 84.3 Å². The molecule has 0 bridgehead atoms. The van der Waals surface area contributed by atoms with Gasteiger partial charge >= 0.3 is 0 Å². The highest BCUT2D eigenvalue weighted by molar-refractivity contribution is 4.72. The zero-order valence-corrected chi connectivity index (χ0v) is 10.1. The molecule has 0 saturated carbocycles. The molecule has 0 saturated heterocycles. The van der Waals surface area contributed by atoms with E-state index in [9.17, 15) is 0 Å². The van der Waals surface area contributed by atoms with Gasteiger partial charge in [0.05, 0.1) is 0 Å². The smallest absolute Gasteiger partial charge is 0.000495 e. The number of nitrogens with two attached hydrogens (primary N) is 1. The first kappa shape index (κ1) is 15.4. The van der Waals surface area contributed by atoms with Crippen molar-refractivity contribution in [2.24, 2.45) is 11.1 Å². The van der Waals surface area contributed by atoms with Gasteiger partial charge < -0.3 is 11.1 Å². The summed E-state index contributed by atoms with van der Waals surface area (Å²) >= 11 is 0. The van der Waals surface area contributed by atoms with E-state index >= 15 is 0 Å². The van der Waals surface area contributed by atoms with Crippen LogP contribution in [0.3, 0.4) is 0 Å². The molecule has 0 radical (unpaired) electrons. The van der Waals surface area contributed by atoms with Crippen molar-refractivity contribution in [3.63, 3.8) is 0 Å². The third-order valence-electron chi connectivity index (χ3n) is 2.69. The SMILES string of the molecule is CCCNCC(C)(CC)CC.CN. The van der Waals surface area contributed by atoms with E-state index in [1.165, 1.54) is 32.9 Å². The summed E-state index contributed by atoms with van der Waals surface area (Å²) in [6.07, 6.45) is 3.80. The summed E-state index contributed by atoms with van der Waals surface area (Å²) in [5, 5.41) is 3.48. The molecule has 0 heterocycles. The fraction of sp³-hybridized carbons (Fsp3) is 1.00. The Bertz CT molecular complexity index is 88.1. The summed E-state index contributed by atoms with van der Waals surface area (Å²) in [6.45, 7) is 11.5. The summed E-state index contributed by atoms with van der Waals surface area (Å²) in [6, 6.07) is 0. The van der Waals surface area contributed by atoms with Crippen molar-refractivity contribution in [3.8, 4) is 0 Å². The molecule has 0 aromatic heterocycles. The fourth-order valence-corrected chi connectivity index (χ4v) is 1.07. The summed E-state index contributed by atoms with van der Waals surface area (Å²) < 4.78 is 0. The second-order valence-electron chi connectivity index (χ2n) is 3.69. The zero-order valence-electron chi connectivity index (χ0n) is 10.1. The van der Waals surface area contributed by atoms with E-state index in [1.807, 2.05) is 0 Å². The first-order valence-electron chi connectivity index (χ1n) is 5.47. The maximum absolute atomic E-state index is 4.50. The van der Waals surface area contributed by atoms with Gasteiger partial charge in [-0.15, -0.1) is 0 Å². The van der Waals surface area contributed by atoms with Crippen molar-refractivity contribution >= 4 is 0 Å². The van der Waals surface area contributed by atoms with Crippen LogP contribution in [0.2, 0.25) is 0 Å². The zero-order chi connectivity index (χ0) is 10.7. The highest BCUT2D eigenvalue weighted by atomic mass is 14.9. The van der Waals surface area contributed by atoms with Crippen LogP contribution in [0.5, 0.6) is 0 Å². The average Bonchev–Trinajstić information content (AvgIpc) is 2.21. The molecule has 2 nitrogen and oxygen atoms in total. The molecule has 0 unspecified atom stereocenters. The fourth-order valence-electron chi connectivity index (χ4n) is 1.07. The lowest BCUT2D eigenvalue weighted by atomic mass is 9.85. The standard InChI is InChI=1S/C10H23N.CH5N/c1-5-8-11-9-10(4,6-2)7-3;1-2/h11H,5-9H2,1-4H3;2H2,1H3. The molecule has 0 spiro atoms. The number of hydrogen-bond donors (Lipinski definition) is 2. The van der Waals surface area contributed by atoms with Crippen LogP contribution in [-0.2, 0) is 0 Å². The summed E-state index contributed by atoms with van der Waals surface area (Å²) in [5.74, 6) is 0. The molecule has 13 heavy (non-hydrogen) atoms. The maximum atomic E-state index is 4.50. The van der Waals surface area contributed by atoms with E-state index in [-0.39, 0.29) is 0 Å². The van der Waals surface area contributed by atoms with Gasteiger partial charge in [0.15, 0.2) is 0 Å². The summed E-state index contributed by atoms with van der Waals surface area (Å²) in [4.78, 5) is 0. The Balaban J connectivity index is 0. The van der Waals surface area contributed by atoms with Crippen molar-refractivity contribution in [2.75, 3.05) is 20.1 Å². The molecule has 0 aromatic rings. The molecular weight excluding hydrogens is 160 g/mol. The molecule has 0 fully saturated rings. The van der Waals surface area contributed by atoms with Gasteiger partial charge in [0.1, 0.15) is 0 Å². The first-order valence-corrected chi connectivity index (χ1v) is 5.47. The minimum atomic E-state index is 0.523. The van der Waals surface area contributed by atoms with Gasteiger partial charge in [-0.3, -0.25) is 0 Å². The molecule has 82 valence electrons. The van der Waals surface area contributed by atoms with E-state index < -0.39 is 0 Å². The van der Waals surface area contributed by atoms with Gasteiger partial charge in [-0.2, -0.15) is 0 Å². The van der Waals surface area contributed by atoms with Gasteiger partial charge in [-0.05, 0) is 38.3 Å². The molecule has 0 rings (SSSR count). The molecule has 3 N–H and O–H groups in total. The van der Waals surface area contributed by atoms with Crippen LogP contribution < -0.4 is 11.1 Å². The lowest BCUT2D eigenvalue weighted by Crippen LogP contribution is -2.31. The van der Waals surface area contributed by atoms with Crippen molar-refractivity contribution in [2.45, 2.75) is 47.0 Å². The minimum absolute atomic E-state index is 0.523. The van der Waals surface area contributed by atoms with Crippen molar-refractivity contribution in [1.82, 2.24) is 5.32 Å². The van der Waals surface area contributed by atoms with E-state index in [2.05, 4.69) is 38.7 Å². The van der Waals surface area contributed by atoms with Crippen LogP contribution in [0, 0.1) is 5.41 Å². The summed E-state index contributed by atoms with van der Waals surface area (Å²) in [7, 11) is 1.50. The Morgan fingerprint density at radius 2 is 1.54 bits per heavy atom. The van der Waals surface area contributed by atoms with Gasteiger partial charge in [-0.25, -0.2) is 0 Å². The third-order valence-corrected chi connectivity index (χ3v) is 2.69. The monoisotopic (exact) mass is 188 g/mol. The second-order valence-corrected chi connectivity index (χ2v) is 3.69. The van der Waals surface area contributed by atoms with Crippen LogP contribution in [0.4, 0.5) is 0 Å². The van der Waals surface area contributed by atoms with Crippen LogP contribution in [0.15, 0.2) is 0 Å². The summed E-state index contributed by atoms with van der Waals surface area (Å²) in [5.41, 5.74) is 5.02. The van der Waals surface area contributed by atoms with E-state index in [0.29, 0.717) is 5.41 Å². The van der Waals surface area contributed by atoms with Crippen molar-refractivity contribution in [3.05, 3.63) is 0 Å². The van der Waals surface area contributed by atoms with E-state index in [4.69, 9.17) is 0 Å². The molecule has 0 aliphatic rings. The molecule has 0 amide bonds. The van der Waals surface area contributed by atoms with E-state index in [0.717, 1.165) is 6.54 Å². The second kappa shape index (κ2) is 10.0. The third kappa shape index (κ3) is 8.26. The van der Waals surface area contributed by atoms with Gasteiger partial charge in [0, 0.05) is 6.54 Å². The molecule has 2 heteroatoms. The van der Waals surface area contributed by atoms with Crippen LogP contribution >= 0.6 is 0 Å². The molecule has 0 aliphatic carbocycles. The minimum Gasteiger partial charge on any atom is -0.333 e.